The molecule has 0 spiro atoms. The molecule has 5 heteroatoms. The molecule has 29 heavy (non-hydrogen) atoms. The highest BCUT2D eigenvalue weighted by Crippen LogP contribution is 2.42. The van der Waals surface area contributed by atoms with Crippen molar-refractivity contribution in [2.45, 2.75) is 13.0 Å². The Hall–Kier alpha value is -3.37. The zero-order chi connectivity index (χ0) is 20.5. The fourth-order valence-electron chi connectivity index (χ4n) is 3.53. The molecule has 0 radical (unpaired) electrons. The summed E-state index contributed by atoms with van der Waals surface area (Å²) in [6.07, 6.45) is 0. The lowest BCUT2D eigenvalue weighted by molar-refractivity contribution is -0.132. The molecule has 1 N–H and O–H groups in total. The summed E-state index contributed by atoms with van der Waals surface area (Å²) in [7, 11) is 0. The number of halogens is 1. The summed E-state index contributed by atoms with van der Waals surface area (Å²) in [6, 6.07) is 22.4. The second-order valence-corrected chi connectivity index (χ2v) is 7.29. The van der Waals surface area contributed by atoms with Crippen LogP contribution in [0.1, 0.15) is 22.7 Å². The van der Waals surface area contributed by atoms with Gasteiger partial charge in [-0.1, -0.05) is 78.3 Å². The van der Waals surface area contributed by atoms with Crippen molar-refractivity contribution in [3.63, 3.8) is 0 Å². The summed E-state index contributed by atoms with van der Waals surface area (Å²) < 4.78 is 0. The van der Waals surface area contributed by atoms with Gasteiger partial charge in [-0.3, -0.25) is 14.5 Å². The van der Waals surface area contributed by atoms with Crippen LogP contribution in [-0.2, 0) is 9.59 Å². The first-order chi connectivity index (χ1) is 14.0. The maximum atomic E-state index is 13.0. The molecule has 1 fully saturated rings. The molecule has 0 aromatic heterocycles. The molecule has 3 aromatic carbocycles. The van der Waals surface area contributed by atoms with Gasteiger partial charge >= 0.3 is 0 Å². The van der Waals surface area contributed by atoms with Crippen LogP contribution in [0.15, 0.2) is 84.4 Å². The fourth-order valence-corrected chi connectivity index (χ4v) is 3.71. The monoisotopic (exact) mass is 403 g/mol. The molecule has 144 valence electrons. The van der Waals surface area contributed by atoms with Crippen molar-refractivity contribution in [2.24, 2.45) is 0 Å². The Bertz CT molecular complexity index is 1120. The number of ketones is 1. The van der Waals surface area contributed by atoms with Gasteiger partial charge in [0.25, 0.3) is 11.7 Å². The van der Waals surface area contributed by atoms with Gasteiger partial charge in [0, 0.05) is 16.3 Å². The van der Waals surface area contributed by atoms with Gasteiger partial charge in [-0.05, 0) is 30.2 Å². The number of carbonyl (C=O) groups is 2. The first-order valence-electron chi connectivity index (χ1n) is 9.16. The van der Waals surface area contributed by atoms with Crippen molar-refractivity contribution in [2.75, 3.05) is 4.90 Å². The van der Waals surface area contributed by atoms with Crippen molar-refractivity contribution in [3.8, 4) is 0 Å². The number of hydrogen-bond donors (Lipinski definition) is 1. The Labute approximate surface area is 173 Å². The van der Waals surface area contributed by atoms with E-state index in [4.69, 9.17) is 11.6 Å². The smallest absolute Gasteiger partial charge is 0.300 e. The van der Waals surface area contributed by atoms with Crippen molar-refractivity contribution in [3.05, 3.63) is 106 Å². The van der Waals surface area contributed by atoms with E-state index in [0.717, 1.165) is 11.1 Å². The molecule has 4 nitrogen and oxygen atoms in total. The maximum Gasteiger partial charge on any atom is 0.300 e. The van der Waals surface area contributed by atoms with Crippen molar-refractivity contribution >= 4 is 34.7 Å². The molecule has 1 saturated heterocycles. The van der Waals surface area contributed by atoms with E-state index >= 15 is 0 Å². The normalized spacial score (nSPS) is 18.3. The number of hydrogen-bond acceptors (Lipinski definition) is 3. The van der Waals surface area contributed by atoms with E-state index in [1.165, 1.54) is 4.90 Å². The van der Waals surface area contributed by atoms with E-state index < -0.39 is 17.7 Å². The average molecular weight is 404 g/mol. The maximum absolute atomic E-state index is 13.0. The highest BCUT2D eigenvalue weighted by Gasteiger charge is 2.46. The minimum Gasteiger partial charge on any atom is -0.507 e. The molecule has 0 unspecified atom stereocenters. The van der Waals surface area contributed by atoms with Crippen LogP contribution < -0.4 is 4.90 Å². The predicted molar refractivity (Wildman–Crippen MR) is 114 cm³/mol. The van der Waals surface area contributed by atoms with E-state index in [9.17, 15) is 14.7 Å². The van der Waals surface area contributed by atoms with Gasteiger partial charge < -0.3 is 5.11 Å². The van der Waals surface area contributed by atoms with Crippen LogP contribution in [0.3, 0.4) is 0 Å². The second kappa shape index (κ2) is 7.57. The number of nitrogens with zero attached hydrogens (tertiary/aromatic N) is 1. The molecule has 1 aliphatic heterocycles. The molecule has 0 saturated carbocycles. The van der Waals surface area contributed by atoms with Crippen LogP contribution in [0.25, 0.3) is 5.76 Å². The molecule has 0 aliphatic carbocycles. The minimum absolute atomic E-state index is 0.0593. The average Bonchev–Trinajstić information content (AvgIpc) is 3.02. The van der Waals surface area contributed by atoms with Crippen LogP contribution in [0.5, 0.6) is 0 Å². The topological polar surface area (TPSA) is 57.6 Å². The van der Waals surface area contributed by atoms with Crippen LogP contribution in [0.2, 0.25) is 5.02 Å². The SMILES string of the molecule is Cc1ccc(N2C(=O)C(=O)C(=C(O)c3ccccc3)[C@@H]2c2ccccc2)cc1Cl. The number of Topliss-reactive ketones (excluding diaryl/α,β-unsaturated/α-hetero) is 1. The number of anilines is 1. The Morgan fingerprint density at radius 2 is 1.55 bits per heavy atom. The van der Waals surface area contributed by atoms with Crippen molar-refractivity contribution < 1.29 is 14.7 Å². The van der Waals surface area contributed by atoms with Crippen molar-refractivity contribution in [1.82, 2.24) is 0 Å². The van der Waals surface area contributed by atoms with Gasteiger partial charge in [-0.15, -0.1) is 0 Å². The quantitative estimate of drug-likeness (QED) is 0.368. The summed E-state index contributed by atoms with van der Waals surface area (Å²) >= 11 is 6.28. The zero-order valence-corrected chi connectivity index (χ0v) is 16.4. The summed E-state index contributed by atoms with van der Waals surface area (Å²) in [5.41, 5.74) is 2.63. The van der Waals surface area contributed by atoms with Gasteiger partial charge in [0.15, 0.2) is 0 Å². The van der Waals surface area contributed by atoms with Gasteiger partial charge in [0.05, 0.1) is 11.6 Å². The summed E-state index contributed by atoms with van der Waals surface area (Å²) in [5, 5.41) is 11.5. The Morgan fingerprint density at radius 1 is 0.931 bits per heavy atom. The van der Waals surface area contributed by atoms with Gasteiger partial charge in [-0.25, -0.2) is 0 Å². The van der Waals surface area contributed by atoms with Gasteiger partial charge in [-0.2, -0.15) is 0 Å². The molecule has 1 aliphatic rings. The Kier molecular flexibility index (Phi) is 4.95. The van der Waals surface area contributed by atoms with E-state index in [-0.39, 0.29) is 11.3 Å². The molecular weight excluding hydrogens is 386 g/mol. The molecular formula is C24H18ClNO3. The van der Waals surface area contributed by atoms with Crippen LogP contribution in [0, 0.1) is 6.92 Å². The number of aliphatic hydroxyl groups is 1. The molecule has 1 atom stereocenters. The second-order valence-electron chi connectivity index (χ2n) is 6.88. The summed E-state index contributed by atoms with van der Waals surface area (Å²) in [6.45, 7) is 1.87. The number of benzene rings is 3. The highest BCUT2D eigenvalue weighted by molar-refractivity contribution is 6.51. The number of aryl methyl sites for hydroxylation is 1. The van der Waals surface area contributed by atoms with Crippen LogP contribution in [0.4, 0.5) is 5.69 Å². The first kappa shape index (κ1) is 19.0. The third-order valence-electron chi connectivity index (χ3n) is 5.04. The number of amides is 1. The van der Waals surface area contributed by atoms with Gasteiger partial charge in [0.2, 0.25) is 0 Å². The number of carbonyl (C=O) groups excluding carboxylic acids is 2. The standard InChI is InChI=1S/C24H18ClNO3/c1-15-12-13-18(14-19(15)25)26-21(16-8-4-2-5-9-16)20(23(28)24(26)29)22(27)17-10-6-3-7-11-17/h2-14,21,27H,1H3/t21-/m0/s1. The fraction of sp³-hybridized carbons (Fsp3) is 0.0833. The van der Waals surface area contributed by atoms with Crippen LogP contribution in [-0.4, -0.2) is 16.8 Å². The Balaban J connectivity index is 1.95. The van der Waals surface area contributed by atoms with E-state index in [2.05, 4.69) is 0 Å². The van der Waals surface area contributed by atoms with E-state index in [0.29, 0.717) is 16.3 Å². The van der Waals surface area contributed by atoms with Crippen molar-refractivity contribution in [1.29, 1.82) is 0 Å². The first-order valence-corrected chi connectivity index (χ1v) is 9.54. The van der Waals surface area contributed by atoms with E-state index in [1.54, 1.807) is 42.5 Å². The number of aliphatic hydroxyl groups excluding tert-OH is 1. The summed E-state index contributed by atoms with van der Waals surface area (Å²) in [4.78, 5) is 27.4. The molecule has 4 rings (SSSR count). The molecule has 1 amide bonds. The van der Waals surface area contributed by atoms with Crippen LogP contribution >= 0.6 is 11.6 Å². The zero-order valence-electron chi connectivity index (χ0n) is 15.7. The molecule has 1 heterocycles. The van der Waals surface area contributed by atoms with E-state index in [1.807, 2.05) is 43.3 Å². The lowest BCUT2D eigenvalue weighted by atomic mass is 9.95. The third-order valence-corrected chi connectivity index (χ3v) is 5.45. The Morgan fingerprint density at radius 3 is 2.17 bits per heavy atom. The molecule has 3 aromatic rings. The summed E-state index contributed by atoms with van der Waals surface area (Å²) in [5.74, 6) is -1.62. The largest absolute Gasteiger partial charge is 0.507 e. The highest BCUT2D eigenvalue weighted by atomic mass is 35.5. The van der Waals surface area contributed by atoms with Gasteiger partial charge in [0.1, 0.15) is 5.76 Å². The lowest BCUT2D eigenvalue weighted by Gasteiger charge is -2.25. The lowest BCUT2D eigenvalue weighted by Crippen LogP contribution is -2.29. The predicted octanol–water partition coefficient (Wildman–Crippen LogP) is 5.27. The molecule has 0 bridgehead atoms. The minimum atomic E-state index is -0.754. The third kappa shape index (κ3) is 3.32. The number of rotatable bonds is 3.